The van der Waals surface area contributed by atoms with Gasteiger partial charge in [0.05, 0.1) is 12.3 Å². The maximum absolute atomic E-state index is 14.0. The Hall–Kier alpha value is -3.15. The van der Waals surface area contributed by atoms with Gasteiger partial charge < -0.3 is 14.8 Å². The maximum Gasteiger partial charge on any atom is 0.509 e. The zero-order valence-corrected chi connectivity index (χ0v) is 21.1. The van der Waals surface area contributed by atoms with E-state index in [2.05, 4.69) is 15.3 Å². The summed E-state index contributed by atoms with van der Waals surface area (Å²) in [6.45, 7) is 4.59. The molecule has 1 N–H and O–H groups in total. The molecular weight excluding hydrogens is 494 g/mol. The number of thiazole rings is 1. The highest BCUT2D eigenvalue weighted by Gasteiger charge is 2.49. The van der Waals surface area contributed by atoms with Crippen LogP contribution in [-0.2, 0) is 14.3 Å². The van der Waals surface area contributed by atoms with Crippen LogP contribution in [0.3, 0.4) is 0 Å². The molecule has 0 aromatic carbocycles. The second kappa shape index (κ2) is 10.5. The smallest absolute Gasteiger partial charge is 0.435 e. The van der Waals surface area contributed by atoms with Crippen molar-refractivity contribution in [3.8, 4) is 0 Å². The van der Waals surface area contributed by atoms with Crippen molar-refractivity contribution >= 4 is 40.1 Å². The van der Waals surface area contributed by atoms with Crippen LogP contribution >= 0.6 is 11.3 Å². The largest absolute Gasteiger partial charge is 0.509 e. The number of hydrogen-bond acceptors (Lipinski definition) is 8. The van der Waals surface area contributed by atoms with E-state index in [1.165, 1.54) is 6.92 Å². The fourth-order valence-electron chi connectivity index (χ4n) is 4.96. The van der Waals surface area contributed by atoms with Crippen LogP contribution in [0.5, 0.6) is 0 Å². The van der Waals surface area contributed by atoms with E-state index in [9.17, 15) is 23.2 Å². The lowest BCUT2D eigenvalue weighted by atomic mass is 9.63. The number of nitrogens with zero attached hydrogens (tertiary/aromatic N) is 3. The molecule has 2 aromatic heterocycles. The Morgan fingerprint density at radius 1 is 1.19 bits per heavy atom. The molecule has 2 aliphatic rings. The number of anilines is 2. The highest BCUT2D eigenvalue weighted by Crippen LogP contribution is 2.53. The molecule has 0 bridgehead atoms. The summed E-state index contributed by atoms with van der Waals surface area (Å²) in [7, 11) is 0. The van der Waals surface area contributed by atoms with E-state index in [0.29, 0.717) is 4.88 Å². The zero-order chi connectivity index (χ0) is 26.0. The molecule has 36 heavy (non-hydrogen) atoms. The fourth-order valence-corrected chi connectivity index (χ4v) is 5.89. The third kappa shape index (κ3) is 5.18. The molecular formula is C24H28F2N4O5S. The summed E-state index contributed by atoms with van der Waals surface area (Å²) in [5.41, 5.74) is 0.0758. The molecule has 2 atom stereocenters. The van der Waals surface area contributed by atoms with Gasteiger partial charge in [0.15, 0.2) is 11.2 Å². The Bertz CT molecular complexity index is 1150. The standard InChI is InChI=1S/C24H28F2N4O5S/c1-4-34-23(33)35-13(2)21(32)30(15-11-17(25)28-18(26)12-15)22-29-19(14(3)36-22)20(31)27-16-7-10-24(16)8-5-6-9-24/h11-13,16H,4-10H2,1-3H3,(H,27,31). The van der Waals surface area contributed by atoms with Gasteiger partial charge >= 0.3 is 6.16 Å². The number of halogens is 2. The summed E-state index contributed by atoms with van der Waals surface area (Å²) >= 11 is 1.00. The number of carbonyl (C=O) groups excluding carboxylic acids is 3. The van der Waals surface area contributed by atoms with Gasteiger partial charge in [-0.25, -0.2) is 9.78 Å². The Morgan fingerprint density at radius 3 is 2.44 bits per heavy atom. The zero-order valence-electron chi connectivity index (χ0n) is 20.3. The number of hydrogen-bond donors (Lipinski definition) is 1. The quantitative estimate of drug-likeness (QED) is 0.411. The van der Waals surface area contributed by atoms with Gasteiger partial charge in [-0.1, -0.05) is 12.8 Å². The van der Waals surface area contributed by atoms with Crippen LogP contribution in [0.2, 0.25) is 0 Å². The van der Waals surface area contributed by atoms with Crippen LogP contribution in [0, 0.1) is 24.2 Å². The molecule has 2 saturated carbocycles. The number of pyridine rings is 1. The number of aromatic nitrogens is 2. The second-order valence-corrected chi connectivity index (χ2v) is 10.3. The van der Waals surface area contributed by atoms with E-state index >= 15 is 0 Å². The van der Waals surface area contributed by atoms with E-state index in [0.717, 1.165) is 66.9 Å². The first-order chi connectivity index (χ1) is 17.1. The number of aryl methyl sites for hydroxylation is 1. The van der Waals surface area contributed by atoms with Gasteiger partial charge in [0.1, 0.15) is 5.69 Å². The Morgan fingerprint density at radius 2 is 1.86 bits per heavy atom. The topological polar surface area (TPSA) is 111 Å². The molecule has 4 rings (SSSR count). The molecule has 2 amide bonds. The number of amides is 2. The average molecular weight is 523 g/mol. The summed E-state index contributed by atoms with van der Waals surface area (Å²) in [6.07, 6.45) is 4.08. The van der Waals surface area contributed by atoms with Crippen molar-refractivity contribution in [2.24, 2.45) is 5.41 Å². The van der Waals surface area contributed by atoms with Crippen molar-refractivity contribution < 1.29 is 32.6 Å². The van der Waals surface area contributed by atoms with Gasteiger partial charge in [0.2, 0.25) is 11.9 Å². The number of ether oxygens (including phenoxy) is 2. The third-order valence-electron chi connectivity index (χ3n) is 6.88. The summed E-state index contributed by atoms with van der Waals surface area (Å²) in [5.74, 6) is -3.50. The Kier molecular flexibility index (Phi) is 7.53. The van der Waals surface area contributed by atoms with Gasteiger partial charge in [0, 0.05) is 23.1 Å². The lowest BCUT2D eigenvalue weighted by Crippen LogP contribution is -2.54. The SMILES string of the molecule is CCOC(=O)OC(C)C(=O)N(c1cc(F)nc(F)c1)c1nc(C(=O)NC2CCC23CCCC3)c(C)s1. The molecule has 9 nitrogen and oxygen atoms in total. The van der Waals surface area contributed by atoms with Crippen molar-refractivity contribution in [1.82, 2.24) is 15.3 Å². The van der Waals surface area contributed by atoms with E-state index < -0.39 is 30.1 Å². The van der Waals surface area contributed by atoms with E-state index in [4.69, 9.17) is 9.47 Å². The monoisotopic (exact) mass is 522 g/mol. The van der Waals surface area contributed by atoms with Crippen LogP contribution in [-0.4, -0.2) is 46.7 Å². The number of nitrogens with one attached hydrogen (secondary N) is 1. The molecule has 2 fully saturated rings. The molecule has 0 aliphatic heterocycles. The molecule has 2 aliphatic carbocycles. The Balaban J connectivity index is 1.62. The first-order valence-corrected chi connectivity index (χ1v) is 12.7. The van der Waals surface area contributed by atoms with Gasteiger partial charge in [-0.15, -0.1) is 11.3 Å². The summed E-state index contributed by atoms with van der Waals surface area (Å²) in [5, 5.41) is 3.09. The molecule has 0 radical (unpaired) electrons. The minimum Gasteiger partial charge on any atom is -0.435 e. The van der Waals surface area contributed by atoms with Crippen molar-refractivity contribution in [3.05, 3.63) is 34.6 Å². The van der Waals surface area contributed by atoms with Crippen molar-refractivity contribution in [2.45, 2.75) is 71.4 Å². The normalized spacial score (nSPS) is 18.9. The highest BCUT2D eigenvalue weighted by molar-refractivity contribution is 7.16. The fraction of sp³-hybridized carbons (Fsp3) is 0.542. The van der Waals surface area contributed by atoms with Crippen LogP contribution in [0.15, 0.2) is 12.1 Å². The van der Waals surface area contributed by atoms with Gasteiger partial charge in [0.25, 0.3) is 11.8 Å². The average Bonchev–Trinajstić information content (AvgIpc) is 3.45. The van der Waals surface area contributed by atoms with Crippen molar-refractivity contribution in [2.75, 3.05) is 11.5 Å². The van der Waals surface area contributed by atoms with E-state index in [-0.39, 0.29) is 40.5 Å². The first kappa shape index (κ1) is 25.9. The predicted molar refractivity (Wildman–Crippen MR) is 127 cm³/mol. The molecule has 0 saturated heterocycles. The minimum absolute atomic E-state index is 0.00357. The van der Waals surface area contributed by atoms with Crippen molar-refractivity contribution in [3.63, 3.8) is 0 Å². The van der Waals surface area contributed by atoms with Crippen molar-refractivity contribution in [1.29, 1.82) is 0 Å². The number of rotatable bonds is 7. The Labute approximate surface area is 211 Å². The highest BCUT2D eigenvalue weighted by atomic mass is 32.1. The van der Waals surface area contributed by atoms with Crippen LogP contribution in [0.4, 0.5) is 24.4 Å². The van der Waals surface area contributed by atoms with Crippen LogP contribution < -0.4 is 10.2 Å². The van der Waals surface area contributed by atoms with Crippen LogP contribution in [0.25, 0.3) is 0 Å². The molecule has 2 unspecified atom stereocenters. The maximum atomic E-state index is 14.0. The lowest BCUT2D eigenvalue weighted by molar-refractivity contribution is -0.126. The third-order valence-corrected chi connectivity index (χ3v) is 7.83. The molecule has 194 valence electrons. The first-order valence-electron chi connectivity index (χ1n) is 11.9. The van der Waals surface area contributed by atoms with Gasteiger partial charge in [-0.2, -0.15) is 13.8 Å². The number of carbonyl (C=O) groups is 3. The van der Waals surface area contributed by atoms with Gasteiger partial charge in [-0.05, 0) is 51.9 Å². The summed E-state index contributed by atoms with van der Waals surface area (Å²) in [4.78, 5) is 47.0. The van der Waals surface area contributed by atoms with E-state index in [1.54, 1.807) is 13.8 Å². The molecule has 1 spiro atoms. The second-order valence-electron chi connectivity index (χ2n) is 9.12. The minimum atomic E-state index is -1.37. The molecule has 2 heterocycles. The van der Waals surface area contributed by atoms with Gasteiger partial charge in [-0.3, -0.25) is 14.5 Å². The summed E-state index contributed by atoms with van der Waals surface area (Å²) < 4.78 is 37.6. The molecule has 12 heteroatoms. The summed E-state index contributed by atoms with van der Waals surface area (Å²) in [6, 6.07) is 1.79. The van der Waals surface area contributed by atoms with E-state index in [1.807, 2.05) is 0 Å². The predicted octanol–water partition coefficient (Wildman–Crippen LogP) is 4.80. The van der Waals surface area contributed by atoms with Crippen LogP contribution in [0.1, 0.15) is 67.7 Å². The lowest BCUT2D eigenvalue weighted by Gasteiger charge is -2.47. The molecule has 2 aromatic rings.